The first kappa shape index (κ1) is 19.7. The molecule has 6 heteroatoms. The molecule has 1 heterocycles. The molecule has 5 nitrogen and oxygen atoms in total. The lowest BCUT2D eigenvalue weighted by Gasteiger charge is -2.22. The standard InChI is InChI=1S/C21H24ClNO4/c1-14-12-16(25-10-11-27-20-4-2-3-9-26-20)6-8-17(14)21(24)18-7-5-15(23)13-19(18)22/h5-8,12-13,20H,2-4,9-11,23H2,1H3. The number of carbonyl (C=O) groups is 1. The summed E-state index contributed by atoms with van der Waals surface area (Å²) in [5.41, 5.74) is 8.06. The summed E-state index contributed by atoms with van der Waals surface area (Å²) in [4.78, 5) is 12.7. The molecule has 2 aromatic rings. The van der Waals surface area contributed by atoms with Gasteiger partial charge in [0, 0.05) is 23.4 Å². The number of ketones is 1. The molecule has 0 bridgehead atoms. The van der Waals surface area contributed by atoms with Gasteiger partial charge in [0.1, 0.15) is 12.4 Å². The third kappa shape index (κ3) is 5.22. The number of benzene rings is 2. The van der Waals surface area contributed by atoms with E-state index in [2.05, 4.69) is 0 Å². The van der Waals surface area contributed by atoms with Gasteiger partial charge in [0.2, 0.25) is 0 Å². The molecule has 0 spiro atoms. The van der Waals surface area contributed by atoms with Gasteiger partial charge in [-0.1, -0.05) is 11.6 Å². The van der Waals surface area contributed by atoms with E-state index in [-0.39, 0.29) is 12.1 Å². The van der Waals surface area contributed by atoms with Crippen LogP contribution in [-0.4, -0.2) is 31.9 Å². The lowest BCUT2D eigenvalue weighted by atomic mass is 9.98. The van der Waals surface area contributed by atoms with Crippen LogP contribution in [-0.2, 0) is 9.47 Å². The topological polar surface area (TPSA) is 70.8 Å². The lowest BCUT2D eigenvalue weighted by molar-refractivity contribution is -0.165. The molecule has 0 aliphatic carbocycles. The molecule has 0 saturated carbocycles. The molecule has 0 amide bonds. The second-order valence-corrected chi connectivity index (χ2v) is 6.97. The van der Waals surface area contributed by atoms with Gasteiger partial charge in [0.05, 0.1) is 11.6 Å². The first-order chi connectivity index (χ1) is 13.0. The van der Waals surface area contributed by atoms with Crippen LogP contribution in [0.25, 0.3) is 0 Å². The van der Waals surface area contributed by atoms with E-state index >= 15 is 0 Å². The van der Waals surface area contributed by atoms with E-state index in [9.17, 15) is 4.79 Å². The molecule has 2 aromatic carbocycles. The highest BCUT2D eigenvalue weighted by molar-refractivity contribution is 6.35. The fraction of sp³-hybridized carbons (Fsp3) is 0.381. The quantitative estimate of drug-likeness (QED) is 0.432. The van der Waals surface area contributed by atoms with Crippen LogP contribution in [0.1, 0.15) is 40.7 Å². The highest BCUT2D eigenvalue weighted by Gasteiger charge is 2.16. The summed E-state index contributed by atoms with van der Waals surface area (Å²) in [6, 6.07) is 10.3. The van der Waals surface area contributed by atoms with Gasteiger partial charge in [-0.15, -0.1) is 0 Å². The van der Waals surface area contributed by atoms with Crippen molar-refractivity contribution in [3.8, 4) is 5.75 Å². The van der Waals surface area contributed by atoms with Crippen molar-refractivity contribution in [3.05, 3.63) is 58.1 Å². The Bertz CT molecular complexity index is 803. The molecule has 1 unspecified atom stereocenters. The second-order valence-electron chi connectivity index (χ2n) is 6.56. The van der Waals surface area contributed by atoms with Crippen molar-refractivity contribution in [3.63, 3.8) is 0 Å². The monoisotopic (exact) mass is 389 g/mol. The van der Waals surface area contributed by atoms with E-state index in [1.54, 1.807) is 30.3 Å². The van der Waals surface area contributed by atoms with E-state index < -0.39 is 0 Å². The van der Waals surface area contributed by atoms with Crippen LogP contribution >= 0.6 is 11.6 Å². The molecule has 1 aliphatic heterocycles. The number of aryl methyl sites for hydroxylation is 1. The Hall–Kier alpha value is -2.08. The Labute approximate surface area is 164 Å². The summed E-state index contributed by atoms with van der Waals surface area (Å²) < 4.78 is 16.9. The number of halogens is 1. The van der Waals surface area contributed by atoms with Crippen molar-refractivity contribution < 1.29 is 19.0 Å². The van der Waals surface area contributed by atoms with E-state index in [1.165, 1.54) is 0 Å². The van der Waals surface area contributed by atoms with Crippen molar-refractivity contribution >= 4 is 23.1 Å². The average Bonchev–Trinajstić information content (AvgIpc) is 2.66. The number of carbonyl (C=O) groups excluding carboxylic acids is 1. The van der Waals surface area contributed by atoms with Gasteiger partial charge in [-0.2, -0.15) is 0 Å². The lowest BCUT2D eigenvalue weighted by Crippen LogP contribution is -2.24. The maximum atomic E-state index is 12.7. The highest BCUT2D eigenvalue weighted by atomic mass is 35.5. The van der Waals surface area contributed by atoms with Crippen LogP contribution in [0.3, 0.4) is 0 Å². The molecule has 0 radical (unpaired) electrons. The summed E-state index contributed by atoms with van der Waals surface area (Å²) in [7, 11) is 0. The van der Waals surface area contributed by atoms with Crippen LogP contribution in [0.15, 0.2) is 36.4 Å². The van der Waals surface area contributed by atoms with Gasteiger partial charge in [0.15, 0.2) is 12.1 Å². The first-order valence-corrected chi connectivity index (χ1v) is 9.49. The van der Waals surface area contributed by atoms with Crippen molar-refractivity contribution in [2.24, 2.45) is 0 Å². The van der Waals surface area contributed by atoms with Gasteiger partial charge >= 0.3 is 0 Å². The van der Waals surface area contributed by atoms with Crippen LogP contribution < -0.4 is 10.5 Å². The number of ether oxygens (including phenoxy) is 3. The SMILES string of the molecule is Cc1cc(OCCOC2CCCCO2)ccc1C(=O)c1ccc(N)cc1Cl. The Morgan fingerprint density at radius 2 is 2.00 bits per heavy atom. The van der Waals surface area contributed by atoms with Crippen molar-refractivity contribution in [1.82, 2.24) is 0 Å². The number of rotatable bonds is 7. The van der Waals surface area contributed by atoms with Crippen LogP contribution in [0.5, 0.6) is 5.75 Å². The van der Waals surface area contributed by atoms with Gasteiger partial charge in [-0.25, -0.2) is 0 Å². The largest absolute Gasteiger partial charge is 0.491 e. The van der Waals surface area contributed by atoms with Gasteiger partial charge in [-0.05, 0) is 68.1 Å². The molecule has 0 aromatic heterocycles. The molecule has 27 heavy (non-hydrogen) atoms. The number of nitrogens with two attached hydrogens (primary N) is 1. The van der Waals surface area contributed by atoms with Gasteiger partial charge in [-0.3, -0.25) is 4.79 Å². The summed E-state index contributed by atoms with van der Waals surface area (Å²) >= 11 is 6.16. The third-order valence-electron chi connectivity index (χ3n) is 4.47. The van der Waals surface area contributed by atoms with Crippen molar-refractivity contribution in [2.75, 3.05) is 25.6 Å². The molecule has 2 N–H and O–H groups in total. The highest BCUT2D eigenvalue weighted by Crippen LogP contribution is 2.25. The number of hydrogen-bond donors (Lipinski definition) is 1. The minimum absolute atomic E-state index is 0.117. The molecule has 1 saturated heterocycles. The maximum absolute atomic E-state index is 12.7. The zero-order valence-electron chi connectivity index (χ0n) is 15.4. The predicted octanol–water partition coefficient (Wildman–Crippen LogP) is 4.38. The number of hydrogen-bond acceptors (Lipinski definition) is 5. The first-order valence-electron chi connectivity index (χ1n) is 9.11. The Morgan fingerprint density at radius 1 is 1.19 bits per heavy atom. The zero-order chi connectivity index (χ0) is 19.2. The summed E-state index contributed by atoms with van der Waals surface area (Å²) in [5, 5.41) is 0.349. The second kappa shape index (κ2) is 9.22. The Kier molecular flexibility index (Phi) is 6.72. The fourth-order valence-corrected chi connectivity index (χ4v) is 3.30. The zero-order valence-corrected chi connectivity index (χ0v) is 16.1. The van der Waals surface area contributed by atoms with E-state index in [4.69, 9.17) is 31.5 Å². The van der Waals surface area contributed by atoms with Crippen LogP contribution in [0, 0.1) is 6.92 Å². The molecular formula is C21H24ClNO4. The predicted molar refractivity (Wildman–Crippen MR) is 106 cm³/mol. The van der Waals surface area contributed by atoms with E-state index in [1.807, 2.05) is 13.0 Å². The fourth-order valence-electron chi connectivity index (χ4n) is 3.02. The average molecular weight is 390 g/mol. The molecule has 1 atom stereocenters. The minimum atomic E-state index is -0.137. The number of nitrogen functional groups attached to an aromatic ring is 1. The summed E-state index contributed by atoms with van der Waals surface area (Å²) in [5.74, 6) is 0.558. The van der Waals surface area contributed by atoms with Crippen molar-refractivity contribution in [2.45, 2.75) is 32.5 Å². The molecular weight excluding hydrogens is 366 g/mol. The summed E-state index contributed by atoms with van der Waals surface area (Å²) in [6.45, 7) is 3.53. The van der Waals surface area contributed by atoms with E-state index in [0.717, 1.165) is 31.4 Å². The molecule has 1 aliphatic rings. The van der Waals surface area contributed by atoms with Crippen LogP contribution in [0.2, 0.25) is 5.02 Å². The maximum Gasteiger partial charge on any atom is 0.194 e. The van der Waals surface area contributed by atoms with E-state index in [0.29, 0.717) is 40.8 Å². The normalized spacial score (nSPS) is 16.9. The Balaban J connectivity index is 1.57. The smallest absolute Gasteiger partial charge is 0.194 e. The van der Waals surface area contributed by atoms with Crippen molar-refractivity contribution in [1.29, 1.82) is 0 Å². The Morgan fingerprint density at radius 3 is 2.70 bits per heavy atom. The minimum Gasteiger partial charge on any atom is -0.491 e. The van der Waals surface area contributed by atoms with Gasteiger partial charge in [0.25, 0.3) is 0 Å². The van der Waals surface area contributed by atoms with Crippen LogP contribution in [0.4, 0.5) is 5.69 Å². The number of anilines is 1. The molecule has 3 rings (SSSR count). The van der Waals surface area contributed by atoms with Gasteiger partial charge < -0.3 is 19.9 Å². The third-order valence-corrected chi connectivity index (χ3v) is 4.79. The summed E-state index contributed by atoms with van der Waals surface area (Å²) in [6.07, 6.45) is 3.05. The molecule has 1 fully saturated rings. The molecule has 144 valence electrons.